The van der Waals surface area contributed by atoms with Crippen LogP contribution in [0.3, 0.4) is 0 Å². The summed E-state index contributed by atoms with van der Waals surface area (Å²) < 4.78 is 0. The predicted molar refractivity (Wildman–Crippen MR) is 84.0 cm³/mol. The van der Waals surface area contributed by atoms with Crippen LogP contribution in [0.2, 0.25) is 5.02 Å². The van der Waals surface area contributed by atoms with Gasteiger partial charge in [-0.2, -0.15) is 0 Å². The fourth-order valence-corrected chi connectivity index (χ4v) is 4.00. The van der Waals surface area contributed by atoms with Crippen LogP contribution in [0, 0.1) is 0 Å². The largest absolute Gasteiger partial charge is 0.329 e. The molecule has 2 heterocycles. The molecule has 0 saturated carbocycles. The number of nitrogens with two attached hydrogens (primary N) is 1. The molecule has 0 aromatic heterocycles. The van der Waals surface area contributed by atoms with Gasteiger partial charge >= 0.3 is 0 Å². The summed E-state index contributed by atoms with van der Waals surface area (Å²) in [7, 11) is 0. The predicted octanol–water partition coefficient (Wildman–Crippen LogP) is 2.51. The van der Waals surface area contributed by atoms with Crippen molar-refractivity contribution in [2.24, 2.45) is 5.73 Å². The van der Waals surface area contributed by atoms with Crippen molar-refractivity contribution < 1.29 is 0 Å². The van der Waals surface area contributed by atoms with Crippen LogP contribution in [0.5, 0.6) is 0 Å². The van der Waals surface area contributed by atoms with Crippen molar-refractivity contribution >= 4 is 11.6 Å². The molecule has 0 amide bonds. The molecule has 2 aliphatic heterocycles. The summed E-state index contributed by atoms with van der Waals surface area (Å²) in [6, 6.07) is 9.11. The first-order chi connectivity index (χ1) is 9.79. The fraction of sp³-hybridized carbons (Fsp3) is 0.625. The van der Waals surface area contributed by atoms with Gasteiger partial charge in [-0.1, -0.05) is 29.8 Å². The highest BCUT2D eigenvalue weighted by Gasteiger charge is 2.31. The van der Waals surface area contributed by atoms with Gasteiger partial charge in [0.05, 0.1) is 0 Å². The van der Waals surface area contributed by atoms with E-state index in [0.717, 1.165) is 18.1 Å². The standard InChI is InChI=1S/C16H24ClN3/c17-15-7-2-1-6-14(15)16(11-18)20-10-4-9-19-8-3-5-13(19)12-20/h1-2,6-7,13,16H,3-5,8-12,18H2. The molecule has 2 N–H and O–H groups in total. The normalized spacial score (nSPS) is 26.2. The molecule has 0 bridgehead atoms. The van der Waals surface area contributed by atoms with Crippen LogP contribution in [-0.4, -0.2) is 48.6 Å². The van der Waals surface area contributed by atoms with Crippen molar-refractivity contribution in [3.8, 4) is 0 Å². The summed E-state index contributed by atoms with van der Waals surface area (Å²) in [5, 5.41) is 0.843. The Bertz CT molecular complexity index is 451. The van der Waals surface area contributed by atoms with E-state index in [0.29, 0.717) is 12.6 Å². The van der Waals surface area contributed by atoms with E-state index in [4.69, 9.17) is 17.3 Å². The quantitative estimate of drug-likeness (QED) is 0.929. The van der Waals surface area contributed by atoms with E-state index in [1.807, 2.05) is 12.1 Å². The third kappa shape index (κ3) is 2.86. The molecule has 2 saturated heterocycles. The molecule has 0 radical (unpaired) electrons. The average molecular weight is 294 g/mol. The summed E-state index contributed by atoms with van der Waals surface area (Å²) in [4.78, 5) is 5.21. The molecule has 2 fully saturated rings. The lowest BCUT2D eigenvalue weighted by Crippen LogP contribution is -2.40. The number of nitrogens with zero attached hydrogens (tertiary/aromatic N) is 2. The zero-order chi connectivity index (χ0) is 13.9. The van der Waals surface area contributed by atoms with Crippen LogP contribution in [0.15, 0.2) is 24.3 Å². The first-order valence-electron chi connectivity index (χ1n) is 7.72. The maximum Gasteiger partial charge on any atom is 0.0485 e. The van der Waals surface area contributed by atoms with Gasteiger partial charge in [-0.3, -0.25) is 9.80 Å². The third-order valence-corrected chi connectivity index (χ3v) is 5.11. The zero-order valence-corrected chi connectivity index (χ0v) is 12.7. The molecule has 2 atom stereocenters. The maximum absolute atomic E-state index is 6.38. The Hall–Kier alpha value is -0.610. The minimum atomic E-state index is 0.254. The van der Waals surface area contributed by atoms with Crippen molar-refractivity contribution in [2.75, 3.05) is 32.7 Å². The number of halogens is 1. The summed E-state index contributed by atoms with van der Waals surface area (Å²) >= 11 is 6.38. The molecular weight excluding hydrogens is 270 g/mol. The number of fused-ring (bicyclic) bond motifs is 1. The highest BCUT2D eigenvalue weighted by Crippen LogP contribution is 2.30. The van der Waals surface area contributed by atoms with Crippen LogP contribution in [0.1, 0.15) is 30.9 Å². The Morgan fingerprint density at radius 1 is 1.20 bits per heavy atom. The van der Waals surface area contributed by atoms with Crippen LogP contribution < -0.4 is 5.73 Å². The summed E-state index contributed by atoms with van der Waals surface area (Å²) in [6.07, 6.45) is 3.91. The lowest BCUT2D eigenvalue weighted by molar-refractivity contribution is 0.176. The highest BCUT2D eigenvalue weighted by atomic mass is 35.5. The number of hydrogen-bond donors (Lipinski definition) is 1. The van der Waals surface area contributed by atoms with E-state index in [1.165, 1.54) is 37.9 Å². The number of rotatable bonds is 3. The second-order valence-electron chi connectivity index (χ2n) is 5.95. The minimum Gasteiger partial charge on any atom is -0.329 e. The Balaban J connectivity index is 1.80. The van der Waals surface area contributed by atoms with Crippen LogP contribution in [0.4, 0.5) is 0 Å². The molecule has 4 heteroatoms. The minimum absolute atomic E-state index is 0.254. The Morgan fingerprint density at radius 3 is 2.80 bits per heavy atom. The van der Waals surface area contributed by atoms with Gasteiger partial charge in [0.15, 0.2) is 0 Å². The van der Waals surface area contributed by atoms with Crippen molar-refractivity contribution in [3.05, 3.63) is 34.9 Å². The van der Waals surface area contributed by atoms with Crippen molar-refractivity contribution in [1.82, 2.24) is 9.80 Å². The molecule has 110 valence electrons. The Kier molecular flexibility index (Phi) is 4.61. The van der Waals surface area contributed by atoms with Gasteiger partial charge < -0.3 is 5.73 Å². The molecule has 3 nitrogen and oxygen atoms in total. The molecule has 1 aromatic carbocycles. The molecule has 2 unspecified atom stereocenters. The summed E-state index contributed by atoms with van der Waals surface area (Å²) in [5.74, 6) is 0. The van der Waals surface area contributed by atoms with E-state index in [1.54, 1.807) is 0 Å². The van der Waals surface area contributed by atoms with Crippen LogP contribution in [-0.2, 0) is 0 Å². The molecule has 20 heavy (non-hydrogen) atoms. The van der Waals surface area contributed by atoms with Gasteiger partial charge in [0.2, 0.25) is 0 Å². The number of hydrogen-bond acceptors (Lipinski definition) is 3. The first-order valence-corrected chi connectivity index (χ1v) is 8.10. The lowest BCUT2D eigenvalue weighted by Gasteiger charge is -2.32. The fourth-order valence-electron chi connectivity index (χ4n) is 3.74. The Labute approximate surface area is 126 Å². The second kappa shape index (κ2) is 6.44. The van der Waals surface area contributed by atoms with Crippen molar-refractivity contribution in [3.63, 3.8) is 0 Å². The van der Waals surface area contributed by atoms with E-state index < -0.39 is 0 Å². The summed E-state index contributed by atoms with van der Waals surface area (Å²) in [5.41, 5.74) is 7.26. The molecule has 0 spiro atoms. The zero-order valence-electron chi connectivity index (χ0n) is 12.0. The van der Waals surface area contributed by atoms with Crippen LogP contribution >= 0.6 is 11.6 Å². The van der Waals surface area contributed by atoms with Crippen LogP contribution in [0.25, 0.3) is 0 Å². The highest BCUT2D eigenvalue weighted by molar-refractivity contribution is 6.31. The summed E-state index contributed by atoms with van der Waals surface area (Å²) in [6.45, 7) is 5.41. The van der Waals surface area contributed by atoms with Crippen molar-refractivity contribution in [2.45, 2.75) is 31.3 Å². The topological polar surface area (TPSA) is 32.5 Å². The van der Waals surface area contributed by atoms with Gasteiger partial charge in [0, 0.05) is 36.7 Å². The Morgan fingerprint density at radius 2 is 2.00 bits per heavy atom. The molecule has 1 aromatic rings. The van der Waals surface area contributed by atoms with Gasteiger partial charge in [0.25, 0.3) is 0 Å². The average Bonchev–Trinajstić information content (AvgIpc) is 2.80. The van der Waals surface area contributed by atoms with Gasteiger partial charge in [-0.25, -0.2) is 0 Å². The molecule has 3 rings (SSSR count). The lowest BCUT2D eigenvalue weighted by atomic mass is 10.0. The molecular formula is C16H24ClN3. The maximum atomic E-state index is 6.38. The number of benzene rings is 1. The van der Waals surface area contributed by atoms with E-state index in [-0.39, 0.29) is 6.04 Å². The van der Waals surface area contributed by atoms with Gasteiger partial charge in [-0.15, -0.1) is 0 Å². The third-order valence-electron chi connectivity index (χ3n) is 4.76. The van der Waals surface area contributed by atoms with E-state index in [9.17, 15) is 0 Å². The van der Waals surface area contributed by atoms with Gasteiger partial charge in [-0.05, 0) is 44.0 Å². The second-order valence-corrected chi connectivity index (χ2v) is 6.36. The molecule has 0 aliphatic carbocycles. The monoisotopic (exact) mass is 293 g/mol. The first kappa shape index (κ1) is 14.3. The molecule has 2 aliphatic rings. The van der Waals surface area contributed by atoms with E-state index >= 15 is 0 Å². The van der Waals surface area contributed by atoms with E-state index in [2.05, 4.69) is 21.9 Å². The van der Waals surface area contributed by atoms with Gasteiger partial charge in [0.1, 0.15) is 0 Å². The van der Waals surface area contributed by atoms with Crippen molar-refractivity contribution in [1.29, 1.82) is 0 Å². The smallest absolute Gasteiger partial charge is 0.0485 e. The SMILES string of the molecule is NCC(c1ccccc1Cl)N1CCCN2CCCC2C1.